The van der Waals surface area contributed by atoms with Gasteiger partial charge in [-0.1, -0.05) is 28.1 Å². The van der Waals surface area contributed by atoms with Crippen molar-refractivity contribution in [1.29, 1.82) is 0 Å². The van der Waals surface area contributed by atoms with Crippen LogP contribution in [0.15, 0.2) is 76.4 Å². The van der Waals surface area contributed by atoms with Crippen molar-refractivity contribution < 1.29 is 19.4 Å². The Morgan fingerprint density at radius 3 is 2.75 bits per heavy atom. The number of benzene rings is 2. The Hall–Kier alpha value is -3.39. The van der Waals surface area contributed by atoms with Gasteiger partial charge in [0, 0.05) is 16.4 Å². The molecule has 0 aliphatic carbocycles. The van der Waals surface area contributed by atoms with Gasteiger partial charge in [0.15, 0.2) is 6.61 Å². The van der Waals surface area contributed by atoms with Crippen molar-refractivity contribution in [2.75, 3.05) is 6.61 Å². The summed E-state index contributed by atoms with van der Waals surface area (Å²) in [4.78, 5) is 23.0. The number of nitrogens with one attached hydrogen (secondary N) is 1. The van der Waals surface area contributed by atoms with E-state index in [9.17, 15) is 9.59 Å². The fourth-order valence-corrected chi connectivity index (χ4v) is 2.81. The van der Waals surface area contributed by atoms with Crippen LogP contribution in [0.2, 0.25) is 0 Å². The van der Waals surface area contributed by atoms with E-state index >= 15 is 0 Å². The predicted octanol–water partition coefficient (Wildman–Crippen LogP) is 3.47. The minimum atomic E-state index is -0.998. The summed E-state index contributed by atoms with van der Waals surface area (Å²) in [5.41, 5.74) is 3.94. The molecule has 0 bridgehead atoms. The zero-order chi connectivity index (χ0) is 19.9. The number of halogens is 1. The molecule has 7 nitrogen and oxygen atoms in total. The van der Waals surface area contributed by atoms with E-state index in [0.717, 1.165) is 4.47 Å². The van der Waals surface area contributed by atoms with Crippen molar-refractivity contribution in [3.8, 4) is 11.4 Å². The number of rotatable bonds is 7. The van der Waals surface area contributed by atoms with Gasteiger partial charge in [-0.3, -0.25) is 4.79 Å². The largest absolute Gasteiger partial charge is 0.484 e. The van der Waals surface area contributed by atoms with E-state index in [1.807, 2.05) is 12.1 Å². The number of hydrogen-bond donors (Lipinski definition) is 2. The fraction of sp³-hybridized carbons (Fsp3) is 0.0500. The number of aromatic nitrogens is 1. The average Bonchev–Trinajstić information content (AvgIpc) is 3.15. The lowest BCUT2D eigenvalue weighted by Gasteiger charge is -2.07. The van der Waals surface area contributed by atoms with Crippen molar-refractivity contribution in [3.63, 3.8) is 0 Å². The molecule has 0 saturated heterocycles. The molecule has 1 aromatic heterocycles. The number of amides is 1. The van der Waals surface area contributed by atoms with E-state index in [0.29, 0.717) is 17.1 Å². The second kappa shape index (κ2) is 9.01. The van der Waals surface area contributed by atoms with Crippen molar-refractivity contribution in [3.05, 3.63) is 82.6 Å². The molecular weight excluding hydrogens is 426 g/mol. The first-order chi connectivity index (χ1) is 13.5. The molecule has 0 radical (unpaired) electrons. The van der Waals surface area contributed by atoms with Crippen LogP contribution < -0.4 is 10.2 Å². The van der Waals surface area contributed by atoms with Gasteiger partial charge in [-0.15, -0.1) is 0 Å². The molecule has 0 fully saturated rings. The normalized spacial score (nSPS) is 10.8. The number of carboxylic acids is 1. The number of nitrogens with zero attached hydrogens (tertiary/aromatic N) is 2. The Morgan fingerprint density at radius 1 is 1.14 bits per heavy atom. The van der Waals surface area contributed by atoms with E-state index in [2.05, 4.69) is 26.5 Å². The number of carbonyl (C=O) groups excluding carboxylic acids is 1. The summed E-state index contributed by atoms with van der Waals surface area (Å²) >= 11 is 3.33. The fourth-order valence-electron chi connectivity index (χ4n) is 2.43. The average molecular weight is 442 g/mol. The Bertz CT molecular complexity index is 1030. The lowest BCUT2D eigenvalue weighted by Crippen LogP contribution is -2.24. The Kier molecular flexibility index (Phi) is 6.23. The predicted molar refractivity (Wildman–Crippen MR) is 108 cm³/mol. The molecule has 8 heteroatoms. The molecule has 0 atom stereocenters. The maximum atomic E-state index is 11.9. The maximum Gasteiger partial charge on any atom is 0.335 e. The van der Waals surface area contributed by atoms with Gasteiger partial charge in [0.25, 0.3) is 5.91 Å². The van der Waals surface area contributed by atoms with Gasteiger partial charge < -0.3 is 14.4 Å². The standard InChI is InChI=1S/C20H16BrN3O4/c21-15-5-2-8-18(11-15)28-13-19(25)23-22-12-17-7-3-9-24(17)16-6-1-4-14(10-16)20(26)27/h1-12H,13H2,(H,23,25)(H,26,27)/b22-12+. The molecule has 3 aromatic rings. The van der Waals surface area contributed by atoms with Crippen LogP contribution in [0.5, 0.6) is 5.75 Å². The third-order valence-electron chi connectivity index (χ3n) is 3.70. The number of ether oxygens (including phenoxy) is 1. The van der Waals surface area contributed by atoms with Gasteiger partial charge in [-0.25, -0.2) is 10.2 Å². The van der Waals surface area contributed by atoms with E-state index < -0.39 is 11.9 Å². The summed E-state index contributed by atoms with van der Waals surface area (Å²) in [5.74, 6) is -0.829. The highest BCUT2D eigenvalue weighted by Crippen LogP contribution is 2.17. The van der Waals surface area contributed by atoms with Crippen molar-refractivity contribution in [2.45, 2.75) is 0 Å². The second-order valence-corrected chi connectivity index (χ2v) is 6.61. The number of carbonyl (C=O) groups is 2. The molecule has 0 aliphatic heterocycles. The number of aromatic carboxylic acids is 1. The summed E-state index contributed by atoms with van der Waals surface area (Å²) in [6.45, 7) is -0.171. The minimum absolute atomic E-state index is 0.171. The maximum absolute atomic E-state index is 11.9. The smallest absolute Gasteiger partial charge is 0.335 e. The van der Waals surface area contributed by atoms with Crippen molar-refractivity contribution in [1.82, 2.24) is 9.99 Å². The van der Waals surface area contributed by atoms with Gasteiger partial charge in [-0.2, -0.15) is 5.10 Å². The van der Waals surface area contributed by atoms with Crippen molar-refractivity contribution in [2.24, 2.45) is 5.10 Å². The molecule has 2 aromatic carbocycles. The molecule has 1 heterocycles. The monoisotopic (exact) mass is 441 g/mol. The Morgan fingerprint density at radius 2 is 1.96 bits per heavy atom. The van der Waals surface area contributed by atoms with Crippen LogP contribution in [0.4, 0.5) is 0 Å². The van der Waals surface area contributed by atoms with Crippen LogP contribution in [-0.2, 0) is 4.79 Å². The van der Waals surface area contributed by atoms with Gasteiger partial charge in [0.2, 0.25) is 0 Å². The lowest BCUT2D eigenvalue weighted by atomic mass is 10.2. The van der Waals surface area contributed by atoms with Crippen LogP contribution in [0.3, 0.4) is 0 Å². The third-order valence-corrected chi connectivity index (χ3v) is 4.20. The number of hydrazone groups is 1. The van der Waals surface area contributed by atoms with Crippen LogP contribution in [-0.4, -0.2) is 34.4 Å². The van der Waals surface area contributed by atoms with Crippen LogP contribution >= 0.6 is 15.9 Å². The quantitative estimate of drug-likeness (QED) is 0.433. The number of carboxylic acid groups (broad SMARTS) is 1. The van der Waals surface area contributed by atoms with Crippen LogP contribution in [0.1, 0.15) is 16.1 Å². The Balaban J connectivity index is 1.61. The number of hydrogen-bond acceptors (Lipinski definition) is 4. The molecule has 0 aliphatic rings. The highest BCUT2D eigenvalue weighted by atomic mass is 79.9. The SMILES string of the molecule is O=C(COc1cccc(Br)c1)N/N=C/c1cccn1-c1cccc(C(=O)O)c1. The molecule has 3 rings (SSSR count). The third kappa shape index (κ3) is 5.08. The van der Waals surface area contributed by atoms with Gasteiger partial charge in [-0.05, 0) is 48.5 Å². The summed E-state index contributed by atoms with van der Waals surface area (Å²) in [6, 6.07) is 17.3. The molecule has 0 unspecified atom stereocenters. The first-order valence-corrected chi connectivity index (χ1v) is 9.03. The van der Waals surface area contributed by atoms with Crippen molar-refractivity contribution >= 4 is 34.0 Å². The van der Waals surface area contributed by atoms with Gasteiger partial charge in [0.1, 0.15) is 5.75 Å². The minimum Gasteiger partial charge on any atom is -0.484 e. The molecular formula is C20H16BrN3O4. The highest BCUT2D eigenvalue weighted by Gasteiger charge is 2.07. The molecule has 2 N–H and O–H groups in total. The second-order valence-electron chi connectivity index (χ2n) is 5.70. The summed E-state index contributed by atoms with van der Waals surface area (Å²) in [6.07, 6.45) is 3.25. The first-order valence-electron chi connectivity index (χ1n) is 8.24. The van der Waals surface area contributed by atoms with E-state index in [4.69, 9.17) is 9.84 Å². The molecule has 28 heavy (non-hydrogen) atoms. The zero-order valence-corrected chi connectivity index (χ0v) is 16.2. The Labute approximate surface area is 169 Å². The summed E-state index contributed by atoms with van der Waals surface area (Å²) in [7, 11) is 0. The first kappa shape index (κ1) is 19.4. The summed E-state index contributed by atoms with van der Waals surface area (Å²) < 4.78 is 8.01. The van der Waals surface area contributed by atoms with Crippen LogP contribution in [0.25, 0.3) is 5.69 Å². The highest BCUT2D eigenvalue weighted by molar-refractivity contribution is 9.10. The zero-order valence-electron chi connectivity index (χ0n) is 14.6. The topological polar surface area (TPSA) is 92.9 Å². The molecule has 1 amide bonds. The molecule has 0 spiro atoms. The van der Waals surface area contributed by atoms with E-state index in [1.54, 1.807) is 53.2 Å². The van der Waals surface area contributed by atoms with Crippen LogP contribution in [0, 0.1) is 0 Å². The van der Waals surface area contributed by atoms with Gasteiger partial charge >= 0.3 is 5.97 Å². The molecule has 0 saturated carbocycles. The summed E-state index contributed by atoms with van der Waals surface area (Å²) in [5, 5.41) is 13.1. The molecule has 142 valence electrons. The van der Waals surface area contributed by atoms with Gasteiger partial charge in [0.05, 0.1) is 17.5 Å². The van der Waals surface area contributed by atoms with E-state index in [-0.39, 0.29) is 12.2 Å². The van der Waals surface area contributed by atoms with E-state index in [1.165, 1.54) is 12.3 Å². The lowest BCUT2D eigenvalue weighted by molar-refractivity contribution is -0.123.